The summed E-state index contributed by atoms with van der Waals surface area (Å²) in [5.41, 5.74) is 2.25. The highest BCUT2D eigenvalue weighted by atomic mass is 79.9. The molecule has 0 aliphatic carbocycles. The quantitative estimate of drug-likeness (QED) is 0.846. The minimum Gasteiger partial charge on any atom is -0.388 e. The van der Waals surface area contributed by atoms with Crippen molar-refractivity contribution in [3.63, 3.8) is 0 Å². The lowest BCUT2D eigenvalue weighted by atomic mass is 10.0. The molecule has 19 heavy (non-hydrogen) atoms. The molecule has 0 radical (unpaired) electrons. The molecule has 1 atom stereocenters. The summed E-state index contributed by atoms with van der Waals surface area (Å²) < 4.78 is 14.7. The summed E-state index contributed by atoms with van der Waals surface area (Å²) in [6.45, 7) is 1.97. The number of aryl methyl sites for hydroxylation is 1. The summed E-state index contributed by atoms with van der Waals surface area (Å²) >= 11 is 9.14. The zero-order valence-electron chi connectivity index (χ0n) is 10.3. The molecule has 0 aliphatic heterocycles. The Morgan fingerprint density at radius 2 is 2.05 bits per heavy atom. The molecule has 4 heteroatoms. The van der Waals surface area contributed by atoms with Crippen molar-refractivity contribution in [2.45, 2.75) is 19.4 Å². The van der Waals surface area contributed by atoms with Gasteiger partial charge in [-0.15, -0.1) is 0 Å². The number of hydrogen-bond acceptors (Lipinski definition) is 1. The lowest BCUT2D eigenvalue weighted by Crippen LogP contribution is -2.04. The molecule has 0 saturated heterocycles. The first-order chi connectivity index (χ1) is 8.99. The molecular formula is C15H13BrClFO. The SMILES string of the molecule is Cc1ccc(C(O)Cc2cccc(Cl)c2F)cc1Br. The van der Waals surface area contributed by atoms with E-state index < -0.39 is 11.9 Å². The summed E-state index contributed by atoms with van der Waals surface area (Å²) in [7, 11) is 0. The van der Waals surface area contributed by atoms with Crippen molar-refractivity contribution < 1.29 is 9.50 Å². The third-order valence-electron chi connectivity index (χ3n) is 3.03. The van der Waals surface area contributed by atoms with Crippen LogP contribution in [0.5, 0.6) is 0 Å². The van der Waals surface area contributed by atoms with E-state index in [-0.39, 0.29) is 11.4 Å². The summed E-state index contributed by atoms with van der Waals surface area (Å²) in [5, 5.41) is 10.3. The average molecular weight is 344 g/mol. The Balaban J connectivity index is 2.23. The van der Waals surface area contributed by atoms with E-state index >= 15 is 0 Å². The van der Waals surface area contributed by atoms with Gasteiger partial charge in [-0.25, -0.2) is 4.39 Å². The molecule has 0 amide bonds. The van der Waals surface area contributed by atoms with Crippen LogP contribution in [-0.2, 0) is 6.42 Å². The normalized spacial score (nSPS) is 12.5. The number of rotatable bonds is 3. The third kappa shape index (κ3) is 3.35. The maximum atomic E-state index is 13.8. The Morgan fingerprint density at radius 3 is 2.74 bits per heavy atom. The molecule has 2 aromatic carbocycles. The Bertz CT molecular complexity index is 601. The van der Waals surface area contributed by atoms with Crippen molar-refractivity contribution in [3.05, 3.63) is 68.4 Å². The first-order valence-electron chi connectivity index (χ1n) is 5.86. The van der Waals surface area contributed by atoms with Gasteiger partial charge in [-0.3, -0.25) is 0 Å². The fourth-order valence-electron chi connectivity index (χ4n) is 1.85. The van der Waals surface area contributed by atoms with E-state index in [0.717, 1.165) is 15.6 Å². The van der Waals surface area contributed by atoms with Crippen LogP contribution in [0.2, 0.25) is 5.02 Å². The summed E-state index contributed by atoms with van der Waals surface area (Å²) in [5.74, 6) is -0.464. The molecule has 100 valence electrons. The van der Waals surface area contributed by atoms with Crippen LogP contribution in [0.15, 0.2) is 40.9 Å². The average Bonchev–Trinajstić information content (AvgIpc) is 2.38. The van der Waals surface area contributed by atoms with Crippen LogP contribution in [0.1, 0.15) is 22.8 Å². The van der Waals surface area contributed by atoms with Crippen molar-refractivity contribution in [2.75, 3.05) is 0 Å². The van der Waals surface area contributed by atoms with E-state index in [4.69, 9.17) is 11.6 Å². The maximum Gasteiger partial charge on any atom is 0.145 e. The summed E-state index contributed by atoms with van der Waals surface area (Å²) in [4.78, 5) is 0. The van der Waals surface area contributed by atoms with Gasteiger partial charge in [-0.05, 0) is 35.7 Å². The fourth-order valence-corrected chi connectivity index (χ4v) is 2.44. The highest BCUT2D eigenvalue weighted by Crippen LogP contribution is 2.26. The number of aliphatic hydroxyl groups is 1. The number of aliphatic hydroxyl groups excluding tert-OH is 1. The Labute approximate surface area is 125 Å². The lowest BCUT2D eigenvalue weighted by Gasteiger charge is -2.13. The van der Waals surface area contributed by atoms with Gasteiger partial charge in [0.25, 0.3) is 0 Å². The van der Waals surface area contributed by atoms with Gasteiger partial charge in [0.05, 0.1) is 11.1 Å². The first-order valence-corrected chi connectivity index (χ1v) is 7.03. The second-order valence-corrected chi connectivity index (χ2v) is 5.70. The fraction of sp³-hybridized carbons (Fsp3) is 0.200. The first kappa shape index (κ1) is 14.5. The highest BCUT2D eigenvalue weighted by Gasteiger charge is 2.14. The summed E-state index contributed by atoms with van der Waals surface area (Å²) in [6.07, 6.45) is -0.563. The predicted molar refractivity (Wildman–Crippen MR) is 79.0 cm³/mol. The maximum absolute atomic E-state index is 13.8. The van der Waals surface area contributed by atoms with Crippen LogP contribution in [0.25, 0.3) is 0 Å². The summed E-state index contributed by atoms with van der Waals surface area (Å²) in [6, 6.07) is 10.4. The van der Waals surface area contributed by atoms with Crippen molar-refractivity contribution in [3.8, 4) is 0 Å². The molecule has 0 spiro atoms. The van der Waals surface area contributed by atoms with Crippen LogP contribution in [0, 0.1) is 12.7 Å². The van der Waals surface area contributed by atoms with Gasteiger partial charge in [-0.1, -0.05) is 51.8 Å². The monoisotopic (exact) mass is 342 g/mol. The standard InChI is InChI=1S/C15H13BrClFO/c1-9-5-6-10(7-12(9)16)14(19)8-11-3-2-4-13(17)15(11)18/h2-7,14,19H,8H2,1H3. The van der Waals surface area contributed by atoms with Crippen molar-refractivity contribution >= 4 is 27.5 Å². The Kier molecular flexibility index (Phi) is 4.61. The van der Waals surface area contributed by atoms with E-state index in [1.807, 2.05) is 25.1 Å². The minimum absolute atomic E-state index is 0.0785. The van der Waals surface area contributed by atoms with Gasteiger partial charge in [0.15, 0.2) is 0 Å². The molecule has 0 saturated carbocycles. The molecule has 0 aliphatic rings. The lowest BCUT2D eigenvalue weighted by molar-refractivity contribution is 0.177. The Morgan fingerprint density at radius 1 is 1.32 bits per heavy atom. The van der Waals surface area contributed by atoms with Crippen LogP contribution in [-0.4, -0.2) is 5.11 Å². The topological polar surface area (TPSA) is 20.2 Å². The molecule has 0 bridgehead atoms. The molecular weight excluding hydrogens is 331 g/mol. The molecule has 1 unspecified atom stereocenters. The van der Waals surface area contributed by atoms with Gasteiger partial charge < -0.3 is 5.11 Å². The van der Waals surface area contributed by atoms with Gasteiger partial charge in [0, 0.05) is 10.9 Å². The predicted octanol–water partition coefficient (Wildman–Crippen LogP) is 4.83. The minimum atomic E-state index is -0.759. The zero-order chi connectivity index (χ0) is 14.0. The van der Waals surface area contributed by atoms with Crippen molar-refractivity contribution in [2.24, 2.45) is 0 Å². The van der Waals surface area contributed by atoms with Crippen molar-refractivity contribution in [1.29, 1.82) is 0 Å². The van der Waals surface area contributed by atoms with Crippen molar-refractivity contribution in [1.82, 2.24) is 0 Å². The van der Waals surface area contributed by atoms with Gasteiger partial charge in [-0.2, -0.15) is 0 Å². The van der Waals surface area contributed by atoms with Crippen LogP contribution < -0.4 is 0 Å². The Hall–Kier alpha value is -0.900. The molecule has 1 nitrogen and oxygen atoms in total. The van der Waals surface area contributed by atoms with Gasteiger partial charge in [0.2, 0.25) is 0 Å². The van der Waals surface area contributed by atoms with E-state index in [1.165, 1.54) is 6.07 Å². The molecule has 1 N–H and O–H groups in total. The molecule has 0 heterocycles. The zero-order valence-corrected chi connectivity index (χ0v) is 12.7. The smallest absolute Gasteiger partial charge is 0.145 e. The van der Waals surface area contributed by atoms with Crippen LogP contribution >= 0.6 is 27.5 Å². The van der Waals surface area contributed by atoms with E-state index in [9.17, 15) is 9.50 Å². The third-order valence-corrected chi connectivity index (χ3v) is 4.17. The largest absolute Gasteiger partial charge is 0.388 e. The van der Waals surface area contributed by atoms with Gasteiger partial charge >= 0.3 is 0 Å². The molecule has 0 aromatic heterocycles. The molecule has 0 fully saturated rings. The second-order valence-electron chi connectivity index (χ2n) is 4.44. The van der Waals surface area contributed by atoms with E-state index in [1.54, 1.807) is 12.1 Å². The number of benzene rings is 2. The molecule has 2 rings (SSSR count). The highest BCUT2D eigenvalue weighted by molar-refractivity contribution is 9.10. The molecule has 2 aromatic rings. The van der Waals surface area contributed by atoms with Crippen LogP contribution in [0.3, 0.4) is 0 Å². The number of halogens is 3. The van der Waals surface area contributed by atoms with E-state index in [2.05, 4.69) is 15.9 Å². The van der Waals surface area contributed by atoms with Crippen LogP contribution in [0.4, 0.5) is 4.39 Å². The van der Waals surface area contributed by atoms with E-state index in [0.29, 0.717) is 5.56 Å². The van der Waals surface area contributed by atoms with Gasteiger partial charge in [0.1, 0.15) is 5.82 Å². The second kappa shape index (κ2) is 6.04. The number of hydrogen-bond donors (Lipinski definition) is 1.